The standard InChI is InChI=1S/C16H33N3O/c1-5-6-13-7-8-14(10-17)15(9-13)19(4)11-12(2)16(20)18-3/h12-15H,5-11,17H2,1-4H3,(H,18,20). The fraction of sp³-hybridized carbons (Fsp3) is 0.938. The van der Waals surface area contributed by atoms with E-state index in [0.717, 1.165) is 19.0 Å². The third kappa shape index (κ3) is 4.74. The van der Waals surface area contributed by atoms with Gasteiger partial charge in [0.15, 0.2) is 0 Å². The van der Waals surface area contributed by atoms with Crippen molar-refractivity contribution in [2.45, 2.75) is 52.0 Å². The number of hydrogen-bond acceptors (Lipinski definition) is 3. The van der Waals surface area contributed by atoms with E-state index in [2.05, 4.69) is 24.2 Å². The molecule has 1 saturated carbocycles. The van der Waals surface area contributed by atoms with E-state index >= 15 is 0 Å². The number of carbonyl (C=O) groups excluding carboxylic acids is 1. The van der Waals surface area contributed by atoms with Gasteiger partial charge in [-0.25, -0.2) is 0 Å². The molecule has 0 bridgehead atoms. The molecule has 0 aromatic rings. The highest BCUT2D eigenvalue weighted by atomic mass is 16.1. The maximum atomic E-state index is 11.7. The van der Waals surface area contributed by atoms with E-state index in [1.54, 1.807) is 7.05 Å². The third-order valence-corrected chi connectivity index (χ3v) is 4.89. The van der Waals surface area contributed by atoms with Gasteiger partial charge in [0.05, 0.1) is 0 Å². The van der Waals surface area contributed by atoms with E-state index < -0.39 is 0 Å². The topological polar surface area (TPSA) is 58.4 Å². The van der Waals surface area contributed by atoms with Crippen molar-refractivity contribution in [3.05, 3.63) is 0 Å². The summed E-state index contributed by atoms with van der Waals surface area (Å²) < 4.78 is 0. The second-order valence-corrected chi connectivity index (χ2v) is 6.49. The van der Waals surface area contributed by atoms with Crippen LogP contribution in [0.15, 0.2) is 0 Å². The predicted octanol–water partition coefficient (Wildman–Crippen LogP) is 1.84. The molecule has 4 nitrogen and oxygen atoms in total. The molecule has 0 aliphatic heterocycles. The van der Waals surface area contributed by atoms with Gasteiger partial charge in [-0.2, -0.15) is 0 Å². The first-order chi connectivity index (χ1) is 9.53. The molecular weight excluding hydrogens is 250 g/mol. The van der Waals surface area contributed by atoms with E-state index in [0.29, 0.717) is 12.0 Å². The second kappa shape index (κ2) is 8.63. The first-order valence-corrected chi connectivity index (χ1v) is 8.15. The molecule has 1 rings (SSSR count). The molecule has 1 aliphatic carbocycles. The average Bonchev–Trinajstić information content (AvgIpc) is 2.46. The van der Waals surface area contributed by atoms with Gasteiger partial charge in [-0.1, -0.05) is 33.1 Å². The quantitative estimate of drug-likeness (QED) is 0.749. The average molecular weight is 283 g/mol. The lowest BCUT2D eigenvalue weighted by Crippen LogP contribution is -2.47. The molecule has 1 amide bonds. The molecule has 0 saturated heterocycles. The summed E-state index contributed by atoms with van der Waals surface area (Å²) in [5.41, 5.74) is 5.96. The molecule has 0 radical (unpaired) electrons. The Kier molecular flexibility index (Phi) is 7.52. The van der Waals surface area contributed by atoms with Crippen molar-refractivity contribution in [3.63, 3.8) is 0 Å². The van der Waals surface area contributed by atoms with Crippen LogP contribution in [0.5, 0.6) is 0 Å². The van der Waals surface area contributed by atoms with Crippen LogP contribution in [0.4, 0.5) is 0 Å². The monoisotopic (exact) mass is 283 g/mol. The Morgan fingerprint density at radius 2 is 2.15 bits per heavy atom. The molecule has 1 aliphatic rings. The van der Waals surface area contributed by atoms with Crippen LogP contribution in [-0.2, 0) is 4.79 Å². The fourth-order valence-corrected chi connectivity index (χ4v) is 3.68. The van der Waals surface area contributed by atoms with E-state index in [1.807, 2.05) is 6.92 Å². The number of rotatable bonds is 7. The molecule has 4 unspecified atom stereocenters. The van der Waals surface area contributed by atoms with Gasteiger partial charge in [-0.15, -0.1) is 0 Å². The van der Waals surface area contributed by atoms with E-state index in [9.17, 15) is 4.79 Å². The van der Waals surface area contributed by atoms with Crippen molar-refractivity contribution in [3.8, 4) is 0 Å². The molecule has 1 fully saturated rings. The van der Waals surface area contributed by atoms with Crippen molar-refractivity contribution in [2.24, 2.45) is 23.5 Å². The van der Waals surface area contributed by atoms with Crippen LogP contribution in [0.2, 0.25) is 0 Å². The van der Waals surface area contributed by atoms with Crippen LogP contribution in [0.3, 0.4) is 0 Å². The number of nitrogens with zero attached hydrogens (tertiary/aromatic N) is 1. The second-order valence-electron chi connectivity index (χ2n) is 6.49. The Morgan fingerprint density at radius 3 is 2.70 bits per heavy atom. The lowest BCUT2D eigenvalue weighted by molar-refractivity contribution is -0.124. The highest BCUT2D eigenvalue weighted by molar-refractivity contribution is 5.78. The Bertz CT molecular complexity index is 295. The lowest BCUT2D eigenvalue weighted by atomic mass is 9.76. The molecule has 20 heavy (non-hydrogen) atoms. The van der Waals surface area contributed by atoms with Crippen LogP contribution < -0.4 is 11.1 Å². The first-order valence-electron chi connectivity index (χ1n) is 8.15. The Morgan fingerprint density at radius 1 is 1.45 bits per heavy atom. The zero-order valence-electron chi connectivity index (χ0n) is 13.7. The maximum absolute atomic E-state index is 11.7. The summed E-state index contributed by atoms with van der Waals surface area (Å²) in [5, 5.41) is 2.74. The van der Waals surface area contributed by atoms with Crippen molar-refractivity contribution in [2.75, 3.05) is 27.2 Å². The van der Waals surface area contributed by atoms with Gasteiger partial charge in [0.1, 0.15) is 0 Å². The molecule has 3 N–H and O–H groups in total. The summed E-state index contributed by atoms with van der Waals surface area (Å²) >= 11 is 0. The van der Waals surface area contributed by atoms with Gasteiger partial charge in [0, 0.05) is 25.6 Å². The molecule has 0 heterocycles. The fourth-order valence-electron chi connectivity index (χ4n) is 3.68. The molecule has 4 heteroatoms. The van der Waals surface area contributed by atoms with Gasteiger partial charge in [-0.05, 0) is 38.3 Å². The van der Waals surface area contributed by atoms with Gasteiger partial charge in [0.2, 0.25) is 5.91 Å². The lowest BCUT2D eigenvalue weighted by Gasteiger charge is -2.41. The van der Waals surface area contributed by atoms with Crippen molar-refractivity contribution in [1.82, 2.24) is 10.2 Å². The summed E-state index contributed by atoms with van der Waals surface area (Å²) in [5.74, 6) is 1.59. The van der Waals surface area contributed by atoms with Crippen molar-refractivity contribution >= 4 is 5.91 Å². The minimum Gasteiger partial charge on any atom is -0.359 e. The summed E-state index contributed by atoms with van der Waals surface area (Å²) in [6.45, 7) is 5.85. The normalized spacial score (nSPS) is 28.4. The first kappa shape index (κ1) is 17.4. The minimum absolute atomic E-state index is 0.0370. The number of carbonyl (C=O) groups is 1. The van der Waals surface area contributed by atoms with Crippen LogP contribution in [0.1, 0.15) is 46.0 Å². The molecule has 0 spiro atoms. The summed E-state index contributed by atoms with van der Waals surface area (Å²) in [7, 11) is 3.86. The van der Waals surface area contributed by atoms with Crippen molar-refractivity contribution in [1.29, 1.82) is 0 Å². The Balaban J connectivity index is 2.60. The Hall–Kier alpha value is -0.610. The number of nitrogens with one attached hydrogen (secondary N) is 1. The molecule has 0 aromatic heterocycles. The van der Waals surface area contributed by atoms with Crippen LogP contribution in [0, 0.1) is 17.8 Å². The smallest absolute Gasteiger partial charge is 0.223 e. The highest BCUT2D eigenvalue weighted by Gasteiger charge is 2.32. The zero-order chi connectivity index (χ0) is 15.1. The minimum atomic E-state index is 0.0370. The molecular formula is C16H33N3O. The van der Waals surface area contributed by atoms with E-state index in [1.165, 1.54) is 32.1 Å². The van der Waals surface area contributed by atoms with Crippen LogP contribution >= 0.6 is 0 Å². The van der Waals surface area contributed by atoms with E-state index in [-0.39, 0.29) is 11.8 Å². The van der Waals surface area contributed by atoms with Crippen LogP contribution in [-0.4, -0.2) is 44.0 Å². The van der Waals surface area contributed by atoms with Gasteiger partial charge in [-0.3, -0.25) is 4.79 Å². The summed E-state index contributed by atoms with van der Waals surface area (Å²) in [4.78, 5) is 14.1. The number of nitrogens with two attached hydrogens (primary N) is 1. The zero-order valence-corrected chi connectivity index (χ0v) is 13.7. The highest BCUT2D eigenvalue weighted by Crippen LogP contribution is 2.34. The van der Waals surface area contributed by atoms with Gasteiger partial charge >= 0.3 is 0 Å². The van der Waals surface area contributed by atoms with Crippen LogP contribution in [0.25, 0.3) is 0 Å². The SMILES string of the molecule is CCCC1CCC(CN)C(N(C)CC(C)C(=O)NC)C1. The summed E-state index contributed by atoms with van der Waals surface area (Å²) in [6.07, 6.45) is 6.40. The predicted molar refractivity (Wildman–Crippen MR) is 84.4 cm³/mol. The van der Waals surface area contributed by atoms with Crippen molar-refractivity contribution < 1.29 is 4.79 Å². The Labute approximate surface area is 124 Å². The maximum Gasteiger partial charge on any atom is 0.223 e. The van der Waals surface area contributed by atoms with E-state index in [4.69, 9.17) is 5.73 Å². The number of hydrogen-bond donors (Lipinski definition) is 2. The summed E-state index contributed by atoms with van der Waals surface area (Å²) in [6, 6.07) is 0.539. The van der Waals surface area contributed by atoms with Gasteiger partial charge in [0.25, 0.3) is 0 Å². The largest absolute Gasteiger partial charge is 0.359 e. The third-order valence-electron chi connectivity index (χ3n) is 4.89. The molecule has 4 atom stereocenters. The molecule has 118 valence electrons. The van der Waals surface area contributed by atoms with Gasteiger partial charge < -0.3 is 16.0 Å². The number of amides is 1. The molecule has 0 aromatic carbocycles.